The minimum atomic E-state index is -1.20. The molecule has 1 aliphatic rings. The summed E-state index contributed by atoms with van der Waals surface area (Å²) >= 11 is 6.19. The van der Waals surface area contributed by atoms with Crippen molar-refractivity contribution in [1.82, 2.24) is 0 Å². The van der Waals surface area contributed by atoms with E-state index in [0.29, 0.717) is 67.1 Å². The fourth-order valence-corrected chi connectivity index (χ4v) is 3.25. The quantitative estimate of drug-likeness (QED) is 0.590. The predicted molar refractivity (Wildman–Crippen MR) is 110 cm³/mol. The second kappa shape index (κ2) is 9.27. The van der Waals surface area contributed by atoms with Gasteiger partial charge >= 0.3 is 5.97 Å². The van der Waals surface area contributed by atoms with Crippen LogP contribution in [0.5, 0.6) is 23.0 Å². The first-order valence-electron chi connectivity index (χ1n) is 9.64. The molecule has 1 N–H and O–H groups in total. The Bertz CT molecular complexity index is 868. The van der Waals surface area contributed by atoms with Gasteiger partial charge in [0, 0.05) is 25.0 Å². The van der Waals surface area contributed by atoms with E-state index in [1.165, 1.54) is 0 Å². The first kappa shape index (κ1) is 21.1. The van der Waals surface area contributed by atoms with E-state index in [0.717, 1.165) is 5.56 Å². The summed E-state index contributed by atoms with van der Waals surface area (Å²) < 4.78 is 22.6. The molecule has 0 spiro atoms. The third-order valence-electron chi connectivity index (χ3n) is 4.73. The van der Waals surface area contributed by atoms with Gasteiger partial charge in [0.1, 0.15) is 23.0 Å². The number of carboxylic acid groups (broad SMARTS) is 1. The number of aliphatic carboxylic acids is 1. The van der Waals surface area contributed by atoms with Crippen LogP contribution in [0.4, 0.5) is 0 Å². The average molecular weight is 421 g/mol. The zero-order chi connectivity index (χ0) is 20.9. The van der Waals surface area contributed by atoms with Crippen molar-refractivity contribution in [3.8, 4) is 23.0 Å². The molecule has 0 aromatic heterocycles. The first-order chi connectivity index (χ1) is 13.9. The second-order valence-electron chi connectivity index (χ2n) is 6.98. The van der Waals surface area contributed by atoms with Crippen LogP contribution < -0.4 is 18.9 Å². The van der Waals surface area contributed by atoms with Crippen molar-refractivity contribution < 1.29 is 28.8 Å². The largest absolute Gasteiger partial charge is 0.494 e. The molecule has 29 heavy (non-hydrogen) atoms. The molecule has 0 saturated carbocycles. The lowest BCUT2D eigenvalue weighted by Crippen LogP contribution is -2.44. The maximum atomic E-state index is 11.4. The standard InChI is InChI=1S/C22H25ClO6/c1-3-26-16-7-8-19(18(23)13-16)28-12-4-11-27-17-6-5-15-9-10-22(2,21(24)25)29-20(15)14-17/h5-8,13-14H,3-4,9-12H2,1-2H3,(H,24,25). The summed E-state index contributed by atoms with van der Waals surface area (Å²) in [6.45, 7) is 4.99. The number of rotatable bonds is 9. The van der Waals surface area contributed by atoms with Crippen LogP contribution in [0.15, 0.2) is 36.4 Å². The Morgan fingerprint density at radius 2 is 1.86 bits per heavy atom. The maximum Gasteiger partial charge on any atom is 0.347 e. The molecule has 1 atom stereocenters. The first-order valence-corrected chi connectivity index (χ1v) is 10.0. The van der Waals surface area contributed by atoms with E-state index in [4.69, 9.17) is 30.5 Å². The highest BCUT2D eigenvalue weighted by Gasteiger charge is 2.39. The Balaban J connectivity index is 1.47. The van der Waals surface area contributed by atoms with Gasteiger partial charge in [-0.1, -0.05) is 17.7 Å². The predicted octanol–water partition coefficient (Wildman–Crippen LogP) is 4.75. The summed E-state index contributed by atoms with van der Waals surface area (Å²) in [5.41, 5.74) is -0.208. The minimum Gasteiger partial charge on any atom is -0.494 e. The highest BCUT2D eigenvalue weighted by atomic mass is 35.5. The lowest BCUT2D eigenvalue weighted by Gasteiger charge is -2.32. The maximum absolute atomic E-state index is 11.4. The van der Waals surface area contributed by atoms with Crippen LogP contribution in [0.1, 0.15) is 32.3 Å². The molecule has 7 heteroatoms. The number of carboxylic acids is 1. The zero-order valence-corrected chi connectivity index (χ0v) is 17.3. The van der Waals surface area contributed by atoms with Gasteiger partial charge in [-0.15, -0.1) is 0 Å². The van der Waals surface area contributed by atoms with Gasteiger partial charge in [0.05, 0.1) is 24.8 Å². The van der Waals surface area contributed by atoms with E-state index < -0.39 is 11.6 Å². The smallest absolute Gasteiger partial charge is 0.347 e. The van der Waals surface area contributed by atoms with Crippen LogP contribution in [0.2, 0.25) is 5.02 Å². The van der Waals surface area contributed by atoms with E-state index in [1.54, 1.807) is 25.1 Å². The van der Waals surface area contributed by atoms with Crippen LogP contribution in [0.3, 0.4) is 0 Å². The topological polar surface area (TPSA) is 74.2 Å². The summed E-state index contributed by atoms with van der Waals surface area (Å²) in [5, 5.41) is 9.87. The number of fused-ring (bicyclic) bond motifs is 1. The van der Waals surface area contributed by atoms with Crippen LogP contribution >= 0.6 is 11.6 Å². The Morgan fingerprint density at radius 1 is 1.14 bits per heavy atom. The van der Waals surface area contributed by atoms with Crippen molar-refractivity contribution in [2.75, 3.05) is 19.8 Å². The van der Waals surface area contributed by atoms with Crippen LogP contribution in [-0.4, -0.2) is 36.5 Å². The Hall–Kier alpha value is -2.60. The van der Waals surface area contributed by atoms with E-state index in [2.05, 4.69) is 0 Å². The van der Waals surface area contributed by atoms with Gasteiger partial charge < -0.3 is 24.1 Å². The fourth-order valence-electron chi connectivity index (χ4n) is 3.03. The van der Waals surface area contributed by atoms with Gasteiger partial charge in [-0.2, -0.15) is 0 Å². The number of ether oxygens (including phenoxy) is 4. The molecule has 3 rings (SSSR count). The molecular weight excluding hydrogens is 396 g/mol. The normalized spacial score (nSPS) is 17.8. The molecule has 1 heterocycles. The monoisotopic (exact) mass is 420 g/mol. The van der Waals surface area contributed by atoms with E-state index >= 15 is 0 Å². The van der Waals surface area contributed by atoms with Gasteiger partial charge in [-0.05, 0) is 44.0 Å². The highest BCUT2D eigenvalue weighted by Crippen LogP contribution is 2.36. The van der Waals surface area contributed by atoms with Gasteiger partial charge in [-0.25, -0.2) is 4.79 Å². The molecule has 0 saturated heterocycles. The lowest BCUT2D eigenvalue weighted by atomic mass is 9.93. The Morgan fingerprint density at radius 3 is 2.59 bits per heavy atom. The van der Waals surface area contributed by atoms with Gasteiger partial charge in [0.2, 0.25) is 5.60 Å². The number of halogens is 1. The number of benzene rings is 2. The average Bonchev–Trinajstić information content (AvgIpc) is 2.69. The van der Waals surface area contributed by atoms with Crippen molar-refractivity contribution in [2.45, 2.75) is 38.7 Å². The van der Waals surface area contributed by atoms with E-state index in [9.17, 15) is 9.90 Å². The van der Waals surface area contributed by atoms with Gasteiger partial charge in [0.25, 0.3) is 0 Å². The molecule has 1 aliphatic heterocycles. The molecule has 0 bridgehead atoms. The summed E-state index contributed by atoms with van der Waals surface area (Å²) in [4.78, 5) is 11.4. The molecule has 6 nitrogen and oxygen atoms in total. The Labute approximate surface area is 175 Å². The molecule has 156 valence electrons. The fraction of sp³-hybridized carbons (Fsp3) is 0.409. The molecule has 0 aliphatic carbocycles. The third-order valence-corrected chi connectivity index (χ3v) is 5.02. The van der Waals surface area contributed by atoms with E-state index in [1.807, 2.05) is 25.1 Å². The summed E-state index contributed by atoms with van der Waals surface area (Å²) in [5.74, 6) is 1.56. The summed E-state index contributed by atoms with van der Waals surface area (Å²) in [7, 11) is 0. The van der Waals surface area contributed by atoms with Crippen molar-refractivity contribution >= 4 is 17.6 Å². The van der Waals surface area contributed by atoms with Gasteiger partial charge in [-0.3, -0.25) is 0 Å². The van der Waals surface area contributed by atoms with E-state index in [-0.39, 0.29) is 0 Å². The van der Waals surface area contributed by atoms with Crippen molar-refractivity contribution in [2.24, 2.45) is 0 Å². The van der Waals surface area contributed by atoms with Crippen molar-refractivity contribution in [3.63, 3.8) is 0 Å². The van der Waals surface area contributed by atoms with Crippen LogP contribution in [0.25, 0.3) is 0 Å². The second-order valence-corrected chi connectivity index (χ2v) is 7.39. The van der Waals surface area contributed by atoms with Gasteiger partial charge in [0.15, 0.2) is 0 Å². The third kappa shape index (κ3) is 5.26. The number of aryl methyl sites for hydroxylation is 1. The Kier molecular flexibility index (Phi) is 6.75. The van der Waals surface area contributed by atoms with Crippen molar-refractivity contribution in [3.05, 3.63) is 47.0 Å². The zero-order valence-electron chi connectivity index (χ0n) is 16.6. The molecule has 2 aromatic carbocycles. The SMILES string of the molecule is CCOc1ccc(OCCCOc2ccc3c(c2)OC(C)(C(=O)O)CC3)c(Cl)c1. The number of hydrogen-bond acceptors (Lipinski definition) is 5. The summed E-state index contributed by atoms with van der Waals surface area (Å²) in [6, 6.07) is 10.9. The molecular formula is C22H25ClO6. The van der Waals surface area contributed by atoms with Crippen LogP contribution in [-0.2, 0) is 11.2 Å². The van der Waals surface area contributed by atoms with Crippen molar-refractivity contribution in [1.29, 1.82) is 0 Å². The minimum absolute atomic E-state index is 0.445. The lowest BCUT2D eigenvalue weighted by molar-refractivity contribution is -0.155. The molecule has 0 amide bonds. The number of hydrogen-bond donors (Lipinski definition) is 1. The molecule has 0 fully saturated rings. The molecule has 1 unspecified atom stereocenters. The molecule has 2 aromatic rings. The van der Waals surface area contributed by atoms with Crippen LogP contribution in [0, 0.1) is 0 Å². The summed E-state index contributed by atoms with van der Waals surface area (Å²) in [6.07, 6.45) is 1.77. The highest BCUT2D eigenvalue weighted by molar-refractivity contribution is 6.32. The number of carbonyl (C=O) groups is 1. The molecule has 0 radical (unpaired) electrons.